The Bertz CT molecular complexity index is 856. The largest absolute Gasteiger partial charge is 0.481 e. The zero-order valence-corrected chi connectivity index (χ0v) is 43.3. The van der Waals surface area contributed by atoms with Crippen molar-refractivity contribution in [1.82, 2.24) is 0 Å². The number of unbranched alkanes of at least 4 members (excludes halogenated alkanes) is 53. The van der Waals surface area contributed by atoms with Crippen LogP contribution in [0, 0.1) is 0 Å². The summed E-state index contributed by atoms with van der Waals surface area (Å²) in [5.74, 6) is -0.708. The molecule has 0 radical (unpaired) electrons. The van der Waals surface area contributed by atoms with E-state index in [2.05, 4.69) is 0 Å². The second-order valence-electron chi connectivity index (χ2n) is 20.6. The van der Waals surface area contributed by atoms with Gasteiger partial charge in [0.1, 0.15) is 0 Å². The van der Waals surface area contributed by atoms with E-state index >= 15 is 0 Å². The van der Waals surface area contributed by atoms with E-state index in [-0.39, 0.29) is 5.97 Å². The van der Waals surface area contributed by atoms with Crippen molar-refractivity contribution in [3.63, 3.8) is 0 Å². The van der Waals surface area contributed by atoms with E-state index in [1.165, 1.54) is 335 Å². The van der Waals surface area contributed by atoms with Crippen molar-refractivity contribution in [3.05, 3.63) is 0 Å². The molecular formula is C59H116O4. The molecule has 0 aliphatic rings. The summed E-state index contributed by atoms with van der Waals surface area (Å²) in [7, 11) is 1.48. The molecule has 0 aliphatic carbocycles. The molecule has 0 atom stereocenters. The van der Waals surface area contributed by atoms with E-state index in [1.807, 2.05) is 0 Å². The van der Waals surface area contributed by atoms with Crippen LogP contribution in [-0.4, -0.2) is 24.2 Å². The predicted molar refractivity (Wildman–Crippen MR) is 278 cm³/mol. The molecule has 0 fully saturated rings. The Kier molecular flexibility index (Phi) is 56.1. The zero-order chi connectivity index (χ0) is 45.5. The lowest BCUT2D eigenvalue weighted by Crippen LogP contribution is -1.99. The molecule has 0 aromatic heterocycles. The van der Waals surface area contributed by atoms with Gasteiger partial charge in [-0.15, -0.1) is 0 Å². The number of aliphatic carboxylic acids is 1. The summed E-state index contributed by atoms with van der Waals surface area (Å²) in [6.07, 6.45) is 77.0. The van der Waals surface area contributed by atoms with Crippen molar-refractivity contribution in [2.24, 2.45) is 0 Å². The Morgan fingerprint density at radius 3 is 0.444 bits per heavy atom. The van der Waals surface area contributed by atoms with Crippen LogP contribution >= 0.6 is 0 Å². The molecule has 4 heteroatoms. The first-order chi connectivity index (χ1) is 31.2. The first kappa shape index (κ1) is 61.9. The number of hydrogen-bond acceptors (Lipinski definition) is 3. The average molecular weight is 890 g/mol. The fourth-order valence-electron chi connectivity index (χ4n) is 9.84. The summed E-state index contributed by atoms with van der Waals surface area (Å²) in [5, 5.41) is 8.68. The van der Waals surface area contributed by atoms with Crippen molar-refractivity contribution in [3.8, 4) is 0 Å². The van der Waals surface area contributed by atoms with Gasteiger partial charge in [0.25, 0.3) is 0 Å². The predicted octanol–water partition coefficient (Wildman–Crippen LogP) is 21.1. The SMILES string of the molecule is COC(=O)CCCCCCCCCCCCCCCCCCCCCCCCCCCCCCCCCCCCCCCCCCCCCCCCCCCCCCCCC(=O)O. The lowest BCUT2D eigenvalue weighted by molar-refractivity contribution is -0.141. The number of esters is 1. The van der Waals surface area contributed by atoms with Crippen LogP contribution < -0.4 is 0 Å². The molecule has 0 rings (SSSR count). The van der Waals surface area contributed by atoms with Gasteiger partial charge in [-0.25, -0.2) is 0 Å². The van der Waals surface area contributed by atoms with Crippen LogP contribution in [0.5, 0.6) is 0 Å². The van der Waals surface area contributed by atoms with E-state index in [9.17, 15) is 9.59 Å². The maximum Gasteiger partial charge on any atom is 0.305 e. The number of carbonyl (C=O) groups is 2. The molecule has 0 unspecified atom stereocenters. The smallest absolute Gasteiger partial charge is 0.305 e. The highest BCUT2D eigenvalue weighted by Crippen LogP contribution is 2.19. The standard InChI is InChI=1S/C59H116O4/c1-63-59(62)57-55-53-51-49-47-45-43-41-39-37-35-33-31-29-27-25-23-21-19-17-15-13-11-9-7-5-3-2-4-6-8-10-12-14-16-18-20-22-24-26-28-30-32-34-36-38-40-42-44-46-48-50-52-54-56-58(60)61/h2-57H2,1H3,(H,60,61). The van der Waals surface area contributed by atoms with Crippen molar-refractivity contribution >= 4 is 11.9 Å². The highest BCUT2D eigenvalue weighted by Gasteiger charge is 2.02. The Labute approximate surface area is 396 Å². The van der Waals surface area contributed by atoms with Crippen molar-refractivity contribution in [1.29, 1.82) is 0 Å². The van der Waals surface area contributed by atoms with Gasteiger partial charge in [-0.3, -0.25) is 9.59 Å². The monoisotopic (exact) mass is 889 g/mol. The van der Waals surface area contributed by atoms with Gasteiger partial charge in [0, 0.05) is 12.8 Å². The van der Waals surface area contributed by atoms with E-state index in [0.717, 1.165) is 19.3 Å². The van der Waals surface area contributed by atoms with Crippen LogP contribution in [0.3, 0.4) is 0 Å². The minimum Gasteiger partial charge on any atom is -0.481 e. The molecule has 0 bridgehead atoms. The first-order valence-electron chi connectivity index (χ1n) is 29.5. The van der Waals surface area contributed by atoms with Gasteiger partial charge >= 0.3 is 11.9 Å². The summed E-state index contributed by atoms with van der Waals surface area (Å²) in [6.45, 7) is 0. The highest BCUT2D eigenvalue weighted by atomic mass is 16.5. The summed E-state index contributed by atoms with van der Waals surface area (Å²) >= 11 is 0. The summed E-state index contributed by atoms with van der Waals surface area (Å²) in [4.78, 5) is 21.6. The lowest BCUT2D eigenvalue weighted by atomic mass is 10.0. The lowest BCUT2D eigenvalue weighted by Gasteiger charge is -2.05. The second-order valence-corrected chi connectivity index (χ2v) is 20.6. The molecule has 0 aromatic rings. The third-order valence-corrected chi connectivity index (χ3v) is 14.2. The molecule has 0 aliphatic heterocycles. The summed E-state index contributed by atoms with van der Waals surface area (Å²) in [6, 6.07) is 0. The molecule has 0 saturated heterocycles. The van der Waals surface area contributed by atoms with E-state index < -0.39 is 5.97 Å². The maximum absolute atomic E-state index is 11.1. The van der Waals surface area contributed by atoms with Gasteiger partial charge in [-0.2, -0.15) is 0 Å². The normalized spacial score (nSPS) is 11.5. The Morgan fingerprint density at radius 1 is 0.222 bits per heavy atom. The minimum absolute atomic E-state index is 0.0602. The molecule has 63 heavy (non-hydrogen) atoms. The molecule has 4 nitrogen and oxygen atoms in total. The third kappa shape index (κ3) is 58.9. The Balaban J connectivity index is 3.07. The number of rotatable bonds is 57. The molecule has 0 aromatic carbocycles. The zero-order valence-electron chi connectivity index (χ0n) is 43.3. The second kappa shape index (κ2) is 57.1. The van der Waals surface area contributed by atoms with Crippen molar-refractivity contribution in [2.45, 2.75) is 360 Å². The van der Waals surface area contributed by atoms with Crippen LogP contribution in [0.4, 0.5) is 0 Å². The van der Waals surface area contributed by atoms with E-state index in [0.29, 0.717) is 12.8 Å². The highest BCUT2D eigenvalue weighted by molar-refractivity contribution is 5.69. The van der Waals surface area contributed by atoms with Gasteiger partial charge in [-0.05, 0) is 12.8 Å². The van der Waals surface area contributed by atoms with Crippen LogP contribution in [0.25, 0.3) is 0 Å². The Hall–Kier alpha value is -1.06. The van der Waals surface area contributed by atoms with Gasteiger partial charge < -0.3 is 9.84 Å². The van der Waals surface area contributed by atoms with Gasteiger partial charge in [0.2, 0.25) is 0 Å². The minimum atomic E-state index is -0.648. The van der Waals surface area contributed by atoms with Gasteiger partial charge in [0.05, 0.1) is 7.11 Å². The van der Waals surface area contributed by atoms with Crippen LogP contribution in [0.15, 0.2) is 0 Å². The number of ether oxygens (including phenoxy) is 1. The molecule has 0 saturated carbocycles. The quantitative estimate of drug-likeness (QED) is 0.0488. The fourth-order valence-corrected chi connectivity index (χ4v) is 9.84. The number of hydrogen-bond donors (Lipinski definition) is 1. The van der Waals surface area contributed by atoms with Crippen molar-refractivity contribution in [2.75, 3.05) is 7.11 Å². The summed E-state index contributed by atoms with van der Waals surface area (Å²) < 4.78 is 4.70. The molecule has 376 valence electrons. The number of carboxylic acid groups (broad SMARTS) is 1. The van der Waals surface area contributed by atoms with Gasteiger partial charge in [0.15, 0.2) is 0 Å². The number of methoxy groups -OCH3 is 1. The fraction of sp³-hybridized carbons (Fsp3) is 0.966. The maximum atomic E-state index is 11.1. The molecule has 1 N–H and O–H groups in total. The number of carbonyl (C=O) groups excluding carboxylic acids is 1. The van der Waals surface area contributed by atoms with Crippen LogP contribution in [-0.2, 0) is 14.3 Å². The number of carboxylic acids is 1. The van der Waals surface area contributed by atoms with E-state index in [4.69, 9.17) is 9.84 Å². The molecule has 0 heterocycles. The molecule has 0 spiro atoms. The topological polar surface area (TPSA) is 63.6 Å². The average Bonchev–Trinajstić information content (AvgIpc) is 3.28. The summed E-state index contributed by atoms with van der Waals surface area (Å²) in [5.41, 5.74) is 0. The first-order valence-corrected chi connectivity index (χ1v) is 29.5. The van der Waals surface area contributed by atoms with Crippen LogP contribution in [0.2, 0.25) is 0 Å². The van der Waals surface area contributed by atoms with Crippen LogP contribution in [0.1, 0.15) is 360 Å². The van der Waals surface area contributed by atoms with Gasteiger partial charge in [-0.1, -0.05) is 334 Å². The third-order valence-electron chi connectivity index (χ3n) is 14.2. The van der Waals surface area contributed by atoms with Crippen molar-refractivity contribution < 1.29 is 19.4 Å². The Morgan fingerprint density at radius 2 is 0.333 bits per heavy atom. The van der Waals surface area contributed by atoms with E-state index in [1.54, 1.807) is 0 Å². The molecule has 0 amide bonds. The molecular weight excluding hydrogens is 773 g/mol.